The molecule has 1 heterocycles. The van der Waals surface area contributed by atoms with Crippen LogP contribution in [0.3, 0.4) is 0 Å². The Balaban J connectivity index is 1.68. The lowest BCUT2D eigenvalue weighted by Gasteiger charge is -2.27. The highest BCUT2D eigenvalue weighted by molar-refractivity contribution is 5.81. The Labute approximate surface area is 148 Å². The lowest BCUT2D eigenvalue weighted by molar-refractivity contribution is -0.120. The first-order chi connectivity index (χ1) is 12.2. The van der Waals surface area contributed by atoms with Gasteiger partial charge in [0.05, 0.1) is 13.2 Å². The van der Waals surface area contributed by atoms with E-state index in [1.165, 1.54) is 11.1 Å². The summed E-state index contributed by atoms with van der Waals surface area (Å²) in [7, 11) is 0. The van der Waals surface area contributed by atoms with Crippen molar-refractivity contribution in [1.82, 2.24) is 10.2 Å². The lowest BCUT2D eigenvalue weighted by Crippen LogP contribution is -2.36. The number of carbonyl (C=O) groups is 1. The van der Waals surface area contributed by atoms with Crippen molar-refractivity contribution < 1.29 is 9.53 Å². The molecule has 0 aromatic heterocycles. The van der Waals surface area contributed by atoms with E-state index in [1.54, 1.807) is 0 Å². The number of carbonyl (C=O) groups excluding carboxylic acids is 1. The predicted molar refractivity (Wildman–Crippen MR) is 97.8 cm³/mol. The van der Waals surface area contributed by atoms with Gasteiger partial charge < -0.3 is 10.5 Å². The predicted octanol–water partition coefficient (Wildman–Crippen LogP) is 1.83. The molecule has 5 heteroatoms. The van der Waals surface area contributed by atoms with Crippen molar-refractivity contribution >= 4 is 5.91 Å². The van der Waals surface area contributed by atoms with E-state index in [0.717, 1.165) is 38.4 Å². The van der Waals surface area contributed by atoms with Gasteiger partial charge >= 0.3 is 0 Å². The van der Waals surface area contributed by atoms with Crippen LogP contribution in [-0.4, -0.2) is 37.1 Å². The molecule has 0 unspecified atom stereocenters. The molecular weight excluding hydrogens is 314 g/mol. The number of nitrogens with zero attached hydrogens (tertiary/aromatic N) is 1. The lowest BCUT2D eigenvalue weighted by atomic mass is 10.0. The summed E-state index contributed by atoms with van der Waals surface area (Å²) in [5.74, 6) is -0.364. The van der Waals surface area contributed by atoms with Crippen LogP contribution < -0.4 is 11.1 Å². The van der Waals surface area contributed by atoms with Gasteiger partial charge in [-0.3, -0.25) is 15.0 Å². The third kappa shape index (κ3) is 4.89. The van der Waals surface area contributed by atoms with E-state index < -0.39 is 6.04 Å². The van der Waals surface area contributed by atoms with Gasteiger partial charge in [-0.1, -0.05) is 54.6 Å². The van der Waals surface area contributed by atoms with Crippen LogP contribution in [0.4, 0.5) is 0 Å². The molecular formula is C20H25N3O2. The molecule has 0 saturated carbocycles. The number of primary amides is 1. The number of nitrogens with one attached hydrogen (secondary N) is 1. The van der Waals surface area contributed by atoms with E-state index >= 15 is 0 Å². The molecule has 25 heavy (non-hydrogen) atoms. The molecule has 2 aromatic carbocycles. The minimum Gasteiger partial charge on any atom is -0.379 e. The van der Waals surface area contributed by atoms with Gasteiger partial charge in [0.2, 0.25) is 5.91 Å². The highest BCUT2D eigenvalue weighted by atomic mass is 16.5. The van der Waals surface area contributed by atoms with Gasteiger partial charge in [0.1, 0.15) is 6.04 Å². The third-order valence-electron chi connectivity index (χ3n) is 4.53. The first-order valence-electron chi connectivity index (χ1n) is 8.68. The maximum Gasteiger partial charge on any atom is 0.239 e. The van der Waals surface area contributed by atoms with Crippen LogP contribution in [0.15, 0.2) is 54.6 Å². The second-order valence-corrected chi connectivity index (χ2v) is 6.28. The molecule has 1 aliphatic rings. The Bertz CT molecular complexity index is 684. The van der Waals surface area contributed by atoms with E-state index in [9.17, 15) is 4.79 Å². The van der Waals surface area contributed by atoms with Gasteiger partial charge in [0.15, 0.2) is 0 Å². The number of rotatable bonds is 7. The van der Waals surface area contributed by atoms with Crippen molar-refractivity contribution in [3.63, 3.8) is 0 Å². The summed E-state index contributed by atoms with van der Waals surface area (Å²) in [6.07, 6.45) is 0. The quantitative estimate of drug-likeness (QED) is 0.808. The molecule has 1 saturated heterocycles. The van der Waals surface area contributed by atoms with E-state index in [2.05, 4.69) is 28.4 Å². The van der Waals surface area contributed by atoms with Gasteiger partial charge in [0, 0.05) is 26.2 Å². The molecule has 0 spiro atoms. The summed E-state index contributed by atoms with van der Waals surface area (Å²) in [6, 6.07) is 17.4. The molecule has 5 nitrogen and oxygen atoms in total. The first kappa shape index (κ1) is 17.6. The van der Waals surface area contributed by atoms with Crippen molar-refractivity contribution in [1.29, 1.82) is 0 Å². The first-order valence-corrected chi connectivity index (χ1v) is 8.68. The number of hydrogen-bond donors (Lipinski definition) is 2. The standard InChI is InChI=1S/C20H25N3O2/c21-20(24)19(16-6-2-1-3-7-16)22-14-17-8-4-5-9-18(17)15-23-10-12-25-13-11-23/h1-9,19,22H,10-15H2,(H2,21,24)/t19-/m1/s1. The Morgan fingerprint density at radius 3 is 2.36 bits per heavy atom. The summed E-state index contributed by atoms with van der Waals surface area (Å²) in [5, 5.41) is 3.31. The molecule has 1 atom stereocenters. The average Bonchev–Trinajstić information content (AvgIpc) is 2.65. The van der Waals surface area contributed by atoms with E-state index in [0.29, 0.717) is 6.54 Å². The zero-order chi connectivity index (χ0) is 17.5. The van der Waals surface area contributed by atoms with Crippen LogP contribution in [0.5, 0.6) is 0 Å². The van der Waals surface area contributed by atoms with Gasteiger partial charge in [-0.25, -0.2) is 0 Å². The van der Waals surface area contributed by atoms with Gasteiger partial charge in [-0.15, -0.1) is 0 Å². The van der Waals surface area contributed by atoms with Crippen molar-refractivity contribution in [3.8, 4) is 0 Å². The molecule has 1 amide bonds. The number of ether oxygens (including phenoxy) is 1. The molecule has 0 radical (unpaired) electrons. The Hall–Kier alpha value is -2.21. The van der Waals surface area contributed by atoms with Gasteiger partial charge in [-0.05, 0) is 16.7 Å². The summed E-state index contributed by atoms with van der Waals surface area (Å²) in [4.78, 5) is 14.3. The fourth-order valence-electron chi connectivity index (χ4n) is 3.12. The van der Waals surface area contributed by atoms with Crippen LogP contribution in [0.1, 0.15) is 22.7 Å². The molecule has 0 aliphatic carbocycles. The topological polar surface area (TPSA) is 67.6 Å². The van der Waals surface area contributed by atoms with E-state index in [4.69, 9.17) is 10.5 Å². The second kappa shape index (κ2) is 8.76. The molecule has 0 bridgehead atoms. The monoisotopic (exact) mass is 339 g/mol. The van der Waals surface area contributed by atoms with Crippen molar-refractivity contribution in [2.45, 2.75) is 19.1 Å². The minimum atomic E-state index is -0.488. The average molecular weight is 339 g/mol. The molecule has 3 rings (SSSR count). The fourth-order valence-corrected chi connectivity index (χ4v) is 3.12. The van der Waals surface area contributed by atoms with Crippen LogP contribution in [0, 0.1) is 0 Å². The largest absolute Gasteiger partial charge is 0.379 e. The van der Waals surface area contributed by atoms with Crippen molar-refractivity contribution in [2.24, 2.45) is 5.73 Å². The zero-order valence-electron chi connectivity index (χ0n) is 14.4. The Morgan fingerprint density at radius 2 is 1.68 bits per heavy atom. The normalized spacial score (nSPS) is 16.5. The zero-order valence-corrected chi connectivity index (χ0v) is 14.4. The minimum absolute atomic E-state index is 0.364. The maximum atomic E-state index is 11.9. The molecule has 1 fully saturated rings. The van der Waals surface area contributed by atoms with Crippen LogP contribution >= 0.6 is 0 Å². The number of benzene rings is 2. The van der Waals surface area contributed by atoms with Crippen LogP contribution in [-0.2, 0) is 22.6 Å². The Morgan fingerprint density at radius 1 is 1.04 bits per heavy atom. The molecule has 2 aromatic rings. The second-order valence-electron chi connectivity index (χ2n) is 6.28. The smallest absolute Gasteiger partial charge is 0.239 e. The summed E-state index contributed by atoms with van der Waals surface area (Å²) >= 11 is 0. The summed E-state index contributed by atoms with van der Waals surface area (Å²) in [5.41, 5.74) is 8.95. The highest BCUT2D eigenvalue weighted by Gasteiger charge is 2.18. The third-order valence-corrected chi connectivity index (χ3v) is 4.53. The summed E-state index contributed by atoms with van der Waals surface area (Å²) in [6.45, 7) is 4.98. The van der Waals surface area contributed by atoms with E-state index in [1.807, 2.05) is 36.4 Å². The molecule has 1 aliphatic heterocycles. The van der Waals surface area contributed by atoms with E-state index in [-0.39, 0.29) is 5.91 Å². The number of morpholine rings is 1. The molecule has 3 N–H and O–H groups in total. The number of amides is 1. The SMILES string of the molecule is NC(=O)[C@H](NCc1ccccc1CN1CCOCC1)c1ccccc1. The van der Waals surface area contributed by atoms with Crippen molar-refractivity contribution in [2.75, 3.05) is 26.3 Å². The number of hydrogen-bond acceptors (Lipinski definition) is 4. The van der Waals surface area contributed by atoms with Crippen molar-refractivity contribution in [3.05, 3.63) is 71.3 Å². The van der Waals surface area contributed by atoms with Crippen LogP contribution in [0.25, 0.3) is 0 Å². The Kier molecular flexibility index (Phi) is 6.17. The van der Waals surface area contributed by atoms with Crippen LogP contribution in [0.2, 0.25) is 0 Å². The van der Waals surface area contributed by atoms with Gasteiger partial charge in [0.25, 0.3) is 0 Å². The van der Waals surface area contributed by atoms with Gasteiger partial charge in [-0.2, -0.15) is 0 Å². The molecule has 132 valence electrons. The highest BCUT2D eigenvalue weighted by Crippen LogP contribution is 2.16. The summed E-state index contributed by atoms with van der Waals surface area (Å²) < 4.78 is 5.42. The maximum absolute atomic E-state index is 11.9. The fraction of sp³-hybridized carbons (Fsp3) is 0.350. The number of nitrogens with two attached hydrogens (primary N) is 1.